The molecule has 1 N–H and O–H groups in total. The van der Waals surface area contributed by atoms with Crippen molar-refractivity contribution in [1.82, 2.24) is 10.3 Å². The van der Waals surface area contributed by atoms with Crippen LogP contribution in [-0.2, 0) is 16.0 Å². The van der Waals surface area contributed by atoms with E-state index in [1.165, 1.54) is 22.5 Å². The van der Waals surface area contributed by atoms with Gasteiger partial charge in [-0.2, -0.15) is 0 Å². The van der Waals surface area contributed by atoms with Gasteiger partial charge in [-0.25, -0.2) is 14.6 Å². The molecule has 0 atom stereocenters. The molecule has 1 aliphatic rings. The molecule has 2 aromatic carbocycles. The van der Waals surface area contributed by atoms with Gasteiger partial charge in [0.25, 0.3) is 0 Å². The Morgan fingerprint density at radius 3 is 2.33 bits per heavy atom. The van der Waals surface area contributed by atoms with E-state index in [1.807, 2.05) is 24.3 Å². The Bertz CT molecular complexity index is 1170. The second-order valence-electron chi connectivity index (χ2n) is 8.38. The summed E-state index contributed by atoms with van der Waals surface area (Å²) in [5.41, 5.74) is 4.30. The molecule has 1 aromatic heterocycles. The van der Waals surface area contributed by atoms with Crippen LogP contribution in [0.5, 0.6) is 0 Å². The highest BCUT2D eigenvalue weighted by molar-refractivity contribution is 7.13. The molecule has 3 aromatic rings. The summed E-state index contributed by atoms with van der Waals surface area (Å²) in [6.07, 6.45) is 1.00. The Balaban J connectivity index is 1.40. The van der Waals surface area contributed by atoms with E-state index in [-0.39, 0.29) is 19.1 Å². The number of fused-ring (bicyclic) bond motifs is 3. The summed E-state index contributed by atoms with van der Waals surface area (Å²) in [6, 6.07) is 16.3. The van der Waals surface area contributed by atoms with Gasteiger partial charge in [-0.1, -0.05) is 55.1 Å². The number of amides is 1. The Hall–Kier alpha value is -3.45. The fraction of sp³-hybridized carbons (Fsp3) is 0.269. The minimum Gasteiger partial charge on any atom is -0.451 e. The van der Waals surface area contributed by atoms with Crippen LogP contribution in [0.3, 0.4) is 0 Å². The van der Waals surface area contributed by atoms with E-state index in [4.69, 9.17) is 9.47 Å². The lowest BCUT2D eigenvalue weighted by molar-refractivity contribution is 0.0178. The topological polar surface area (TPSA) is 77.5 Å². The van der Waals surface area contributed by atoms with E-state index in [2.05, 4.69) is 41.1 Å². The van der Waals surface area contributed by atoms with Gasteiger partial charge in [0.1, 0.15) is 17.1 Å². The number of carbonyl (C=O) groups is 2. The lowest BCUT2D eigenvalue weighted by Gasteiger charge is -2.20. The van der Waals surface area contributed by atoms with Crippen molar-refractivity contribution in [2.45, 2.75) is 38.8 Å². The molecule has 0 unspecified atom stereocenters. The third kappa shape index (κ3) is 4.83. The molecule has 1 aliphatic carbocycles. The molecule has 0 radical (unpaired) electrons. The van der Waals surface area contributed by atoms with E-state index in [0.717, 1.165) is 11.1 Å². The van der Waals surface area contributed by atoms with Crippen molar-refractivity contribution >= 4 is 23.4 Å². The van der Waals surface area contributed by atoms with Gasteiger partial charge in [-0.05, 0) is 49.1 Å². The molecule has 7 heteroatoms. The zero-order valence-corrected chi connectivity index (χ0v) is 19.7. The maximum absolute atomic E-state index is 12.6. The number of aryl methyl sites for hydroxylation is 1. The number of nitrogens with zero attached hydrogens (tertiary/aromatic N) is 1. The first-order valence-electron chi connectivity index (χ1n) is 10.7. The highest BCUT2D eigenvalue weighted by atomic mass is 32.1. The summed E-state index contributed by atoms with van der Waals surface area (Å²) in [7, 11) is 0. The number of benzene rings is 2. The predicted molar refractivity (Wildman–Crippen MR) is 128 cm³/mol. The Morgan fingerprint density at radius 2 is 1.73 bits per heavy atom. The van der Waals surface area contributed by atoms with Gasteiger partial charge in [-0.3, -0.25) is 0 Å². The van der Waals surface area contributed by atoms with Crippen molar-refractivity contribution in [3.63, 3.8) is 0 Å². The molecule has 6 nitrogen and oxygen atoms in total. The van der Waals surface area contributed by atoms with Crippen molar-refractivity contribution in [3.05, 3.63) is 87.9 Å². The molecule has 0 fully saturated rings. The van der Waals surface area contributed by atoms with E-state index < -0.39 is 17.7 Å². The number of esters is 1. The van der Waals surface area contributed by atoms with Crippen LogP contribution in [0.2, 0.25) is 0 Å². The number of rotatable bonds is 7. The maximum Gasteiger partial charge on any atom is 0.407 e. The molecule has 0 spiro atoms. The fourth-order valence-electron chi connectivity index (χ4n) is 3.88. The number of carbonyl (C=O) groups excluding carboxylic acids is 2. The van der Waals surface area contributed by atoms with Crippen molar-refractivity contribution in [3.8, 4) is 11.1 Å². The number of hydrogen-bond donors (Lipinski definition) is 1. The van der Waals surface area contributed by atoms with Gasteiger partial charge < -0.3 is 14.8 Å². The number of aromatic nitrogens is 1. The van der Waals surface area contributed by atoms with Crippen LogP contribution < -0.4 is 5.32 Å². The number of alkyl carbamates (subject to hydrolysis) is 1. The summed E-state index contributed by atoms with van der Waals surface area (Å²) < 4.78 is 11.0. The first kappa shape index (κ1) is 22.7. The van der Waals surface area contributed by atoms with Crippen molar-refractivity contribution in [2.24, 2.45) is 0 Å². The summed E-state index contributed by atoms with van der Waals surface area (Å²) in [4.78, 5) is 29.8. The second kappa shape index (κ2) is 9.19. The van der Waals surface area contributed by atoms with Crippen molar-refractivity contribution in [1.29, 1.82) is 0 Å². The number of ether oxygens (including phenoxy) is 2. The monoisotopic (exact) mass is 462 g/mol. The molecule has 0 saturated heterocycles. The van der Waals surface area contributed by atoms with Crippen LogP contribution in [0, 0.1) is 6.92 Å². The molecular weight excluding hydrogens is 436 g/mol. The van der Waals surface area contributed by atoms with E-state index >= 15 is 0 Å². The van der Waals surface area contributed by atoms with Gasteiger partial charge in [0.2, 0.25) is 0 Å². The summed E-state index contributed by atoms with van der Waals surface area (Å²) in [6.45, 7) is 9.28. The largest absolute Gasteiger partial charge is 0.451 e. The summed E-state index contributed by atoms with van der Waals surface area (Å²) >= 11 is 1.23. The third-order valence-corrected chi connectivity index (χ3v) is 6.57. The fourth-order valence-corrected chi connectivity index (χ4v) is 4.69. The SMILES string of the molecule is C=CC(C)(C)OC(=O)c1sc(C)nc1CNC(=O)OCC1c2ccccc2-c2ccccc21. The number of hydrogen-bond acceptors (Lipinski definition) is 6. The minimum atomic E-state index is -0.799. The van der Waals surface area contributed by atoms with E-state index in [0.29, 0.717) is 15.6 Å². The Morgan fingerprint density at radius 1 is 1.12 bits per heavy atom. The average molecular weight is 463 g/mol. The number of thiazole rings is 1. The van der Waals surface area contributed by atoms with Gasteiger partial charge in [0.15, 0.2) is 0 Å². The van der Waals surface area contributed by atoms with Crippen molar-refractivity contribution < 1.29 is 19.1 Å². The highest BCUT2D eigenvalue weighted by Crippen LogP contribution is 2.44. The maximum atomic E-state index is 12.6. The normalized spacial score (nSPS) is 12.6. The first-order chi connectivity index (χ1) is 15.8. The van der Waals surface area contributed by atoms with E-state index in [9.17, 15) is 9.59 Å². The zero-order valence-electron chi connectivity index (χ0n) is 18.9. The summed E-state index contributed by atoms with van der Waals surface area (Å²) in [5, 5.41) is 3.42. The van der Waals surface area contributed by atoms with Gasteiger partial charge >= 0.3 is 12.1 Å². The minimum absolute atomic E-state index is 0.0173. The first-order valence-corrected chi connectivity index (χ1v) is 11.5. The predicted octanol–water partition coefficient (Wildman–Crippen LogP) is 5.61. The number of nitrogens with one attached hydrogen (secondary N) is 1. The molecule has 0 aliphatic heterocycles. The van der Waals surface area contributed by atoms with Crippen molar-refractivity contribution in [2.75, 3.05) is 6.61 Å². The average Bonchev–Trinajstić information content (AvgIpc) is 3.34. The van der Waals surface area contributed by atoms with Crippen LogP contribution in [-0.4, -0.2) is 29.3 Å². The Labute approximate surface area is 197 Å². The van der Waals surface area contributed by atoms with Crippen LogP contribution in [0.15, 0.2) is 61.2 Å². The lowest BCUT2D eigenvalue weighted by atomic mass is 9.98. The molecule has 170 valence electrons. The third-order valence-electron chi connectivity index (χ3n) is 5.58. The van der Waals surface area contributed by atoms with E-state index in [1.54, 1.807) is 26.8 Å². The molecule has 0 bridgehead atoms. The molecule has 33 heavy (non-hydrogen) atoms. The van der Waals surface area contributed by atoms with Crippen LogP contribution >= 0.6 is 11.3 Å². The zero-order chi connectivity index (χ0) is 23.6. The standard InChI is InChI=1S/C26H26N2O4S/c1-5-26(3,4)32-24(29)23-22(28-16(2)33-23)14-27-25(30)31-15-21-19-12-8-6-10-17(19)18-11-7-9-13-20(18)21/h5-13,21H,1,14-15H2,2-4H3,(H,27,30). The lowest BCUT2D eigenvalue weighted by Crippen LogP contribution is -2.28. The molecule has 1 heterocycles. The van der Waals surface area contributed by atoms with Crippen LogP contribution in [0.4, 0.5) is 4.79 Å². The van der Waals surface area contributed by atoms with Gasteiger partial charge in [0, 0.05) is 5.92 Å². The second-order valence-corrected chi connectivity index (χ2v) is 9.59. The molecule has 1 amide bonds. The quantitative estimate of drug-likeness (QED) is 0.365. The summed E-state index contributed by atoms with van der Waals surface area (Å²) in [5.74, 6) is -0.508. The molecule has 4 rings (SSSR count). The smallest absolute Gasteiger partial charge is 0.407 e. The van der Waals surface area contributed by atoms with Gasteiger partial charge in [0.05, 0.1) is 17.2 Å². The van der Waals surface area contributed by atoms with Crippen LogP contribution in [0.25, 0.3) is 11.1 Å². The highest BCUT2D eigenvalue weighted by Gasteiger charge is 2.29. The molecular formula is C26H26N2O4S. The Kier molecular flexibility index (Phi) is 6.33. The molecule has 0 saturated carbocycles. The van der Waals surface area contributed by atoms with Gasteiger partial charge in [-0.15, -0.1) is 11.3 Å². The van der Waals surface area contributed by atoms with Crippen LogP contribution in [0.1, 0.15) is 51.3 Å².